The Morgan fingerprint density at radius 2 is 1.93 bits per heavy atom. The first-order valence-electron chi connectivity index (χ1n) is 10.1. The van der Waals surface area contributed by atoms with Crippen LogP contribution < -0.4 is 4.90 Å². The van der Waals surface area contributed by atoms with Crippen molar-refractivity contribution in [3.05, 3.63) is 36.2 Å². The summed E-state index contributed by atoms with van der Waals surface area (Å²) < 4.78 is 23.9. The highest BCUT2D eigenvalue weighted by Gasteiger charge is 2.35. The topological polar surface area (TPSA) is 96.0 Å². The molecule has 0 spiro atoms. The molecule has 2 aliphatic rings. The number of nitrogens with one attached hydrogen (secondary N) is 1. The monoisotopic (exact) mass is 434 g/mol. The van der Waals surface area contributed by atoms with Gasteiger partial charge in [0.15, 0.2) is 9.84 Å². The molecule has 1 saturated heterocycles. The van der Waals surface area contributed by atoms with Crippen LogP contribution in [-0.4, -0.2) is 52.8 Å². The van der Waals surface area contributed by atoms with E-state index in [9.17, 15) is 13.2 Å². The number of anilines is 1. The molecule has 29 heavy (non-hydrogen) atoms. The summed E-state index contributed by atoms with van der Waals surface area (Å²) >= 11 is 1.29. The predicted octanol–water partition coefficient (Wildman–Crippen LogP) is 2.85. The van der Waals surface area contributed by atoms with Crippen molar-refractivity contribution in [1.29, 1.82) is 0 Å². The number of carbonyl (C=O) groups excluding carboxylic acids is 1. The van der Waals surface area contributed by atoms with E-state index in [1.165, 1.54) is 37.4 Å². The minimum atomic E-state index is -3.09. The average Bonchev–Trinajstić information content (AvgIpc) is 3.44. The number of hydrogen-bond acceptors (Lipinski definition) is 6. The van der Waals surface area contributed by atoms with Gasteiger partial charge in [0.05, 0.1) is 23.3 Å². The Kier molecular flexibility index (Phi) is 6.24. The second kappa shape index (κ2) is 8.87. The molecule has 1 aliphatic carbocycles. The van der Waals surface area contributed by atoms with E-state index in [2.05, 4.69) is 15.2 Å². The highest BCUT2D eigenvalue weighted by atomic mass is 32.2. The van der Waals surface area contributed by atoms with Crippen LogP contribution in [0, 0.1) is 5.92 Å². The maximum atomic E-state index is 13.0. The van der Waals surface area contributed by atoms with Crippen molar-refractivity contribution in [3.63, 3.8) is 0 Å². The number of sulfone groups is 1. The van der Waals surface area contributed by atoms with Crippen LogP contribution in [0.5, 0.6) is 0 Å². The normalized spacial score (nSPS) is 21.4. The number of H-pyrrole nitrogens is 1. The summed E-state index contributed by atoms with van der Waals surface area (Å²) in [6.45, 7) is 0. The summed E-state index contributed by atoms with van der Waals surface area (Å²) in [7, 11) is -3.09. The Bertz CT molecular complexity index is 940. The minimum Gasteiger partial charge on any atom is -0.308 e. The zero-order chi connectivity index (χ0) is 20.3. The summed E-state index contributed by atoms with van der Waals surface area (Å²) in [5.74, 6) is 1.77. The summed E-state index contributed by atoms with van der Waals surface area (Å²) in [6.07, 6.45) is 6.47. The van der Waals surface area contributed by atoms with E-state index < -0.39 is 9.84 Å². The number of aromatic nitrogens is 3. The van der Waals surface area contributed by atoms with Crippen LogP contribution in [-0.2, 0) is 21.1 Å². The molecular weight excluding hydrogens is 408 g/mol. The summed E-state index contributed by atoms with van der Waals surface area (Å²) in [6, 6.07) is 8.97. The van der Waals surface area contributed by atoms with Crippen LogP contribution in [0.3, 0.4) is 0 Å². The highest BCUT2D eigenvalue weighted by Crippen LogP contribution is 2.28. The fourth-order valence-electron chi connectivity index (χ4n) is 4.24. The third-order valence-electron chi connectivity index (χ3n) is 5.67. The third-order valence-corrected chi connectivity index (χ3v) is 8.25. The lowest BCUT2D eigenvalue weighted by atomic mass is 10.0. The summed E-state index contributed by atoms with van der Waals surface area (Å²) in [5.41, 5.74) is 0.733. The van der Waals surface area contributed by atoms with Crippen molar-refractivity contribution < 1.29 is 13.2 Å². The van der Waals surface area contributed by atoms with Crippen LogP contribution in [0.1, 0.15) is 37.9 Å². The molecule has 2 fully saturated rings. The minimum absolute atomic E-state index is 0.0183. The second-order valence-electron chi connectivity index (χ2n) is 7.86. The third kappa shape index (κ3) is 5.19. The lowest BCUT2D eigenvalue weighted by Crippen LogP contribution is -2.42. The Hall–Kier alpha value is -1.87. The Morgan fingerprint density at radius 1 is 1.17 bits per heavy atom. The molecule has 1 aromatic heterocycles. The summed E-state index contributed by atoms with van der Waals surface area (Å²) in [5, 5.41) is 7.81. The van der Waals surface area contributed by atoms with Gasteiger partial charge in [0.25, 0.3) is 0 Å². The molecule has 156 valence electrons. The maximum Gasteiger partial charge on any atom is 0.237 e. The molecule has 7 nitrogen and oxygen atoms in total. The molecule has 1 amide bonds. The van der Waals surface area contributed by atoms with Gasteiger partial charge in [-0.1, -0.05) is 55.6 Å². The zero-order valence-electron chi connectivity index (χ0n) is 16.3. The number of hydrogen-bond donors (Lipinski definition) is 1. The molecule has 0 radical (unpaired) electrons. The van der Waals surface area contributed by atoms with Crippen LogP contribution in [0.2, 0.25) is 0 Å². The molecule has 1 aliphatic heterocycles. The predicted molar refractivity (Wildman–Crippen MR) is 114 cm³/mol. The van der Waals surface area contributed by atoms with E-state index in [0.717, 1.165) is 17.9 Å². The Morgan fingerprint density at radius 3 is 2.62 bits per heavy atom. The van der Waals surface area contributed by atoms with Gasteiger partial charge in [0.2, 0.25) is 11.1 Å². The zero-order valence-corrected chi connectivity index (χ0v) is 17.9. The first-order chi connectivity index (χ1) is 14.0. The standard InChI is InChI=1S/C20H26N4O3S2/c25-19(13-28-20-21-18(22-23-20)12-15-6-4-5-7-15)24(16-8-2-1-3-9-16)17-10-11-29(26,27)14-17/h1-3,8-9,15,17H,4-7,10-14H2,(H,21,22,23)/t17-/m0/s1. The number of amides is 1. The SMILES string of the molecule is O=C(CSc1n[nH]c(CC2CCCC2)n1)N(c1ccccc1)[C@H]1CCS(=O)(=O)C1. The Labute approximate surface area is 175 Å². The fourth-order valence-corrected chi connectivity index (χ4v) is 6.62. The number of rotatable bonds is 7. The highest BCUT2D eigenvalue weighted by molar-refractivity contribution is 7.99. The quantitative estimate of drug-likeness (QED) is 0.673. The number of aromatic amines is 1. The van der Waals surface area contributed by atoms with Crippen LogP contribution in [0.25, 0.3) is 0 Å². The Balaban J connectivity index is 1.41. The number of nitrogens with zero attached hydrogens (tertiary/aromatic N) is 3. The molecular formula is C20H26N4O3S2. The molecule has 1 N–H and O–H groups in total. The van der Waals surface area contributed by atoms with Crippen molar-refractivity contribution in [2.45, 2.75) is 49.7 Å². The van der Waals surface area contributed by atoms with Gasteiger partial charge in [-0.25, -0.2) is 13.4 Å². The molecule has 1 saturated carbocycles. The van der Waals surface area contributed by atoms with Crippen LogP contribution in [0.15, 0.2) is 35.5 Å². The van der Waals surface area contributed by atoms with E-state index in [1.54, 1.807) is 4.90 Å². The molecule has 9 heteroatoms. The first kappa shape index (κ1) is 20.4. The van der Waals surface area contributed by atoms with Gasteiger partial charge in [-0.15, -0.1) is 5.10 Å². The van der Waals surface area contributed by atoms with E-state index in [1.807, 2.05) is 30.3 Å². The molecule has 0 unspecified atom stereocenters. The smallest absolute Gasteiger partial charge is 0.237 e. The first-order valence-corrected chi connectivity index (χ1v) is 12.9. The second-order valence-corrected chi connectivity index (χ2v) is 11.0. The van der Waals surface area contributed by atoms with Gasteiger partial charge in [0.1, 0.15) is 5.82 Å². The van der Waals surface area contributed by atoms with E-state index in [-0.39, 0.29) is 29.2 Å². The van der Waals surface area contributed by atoms with Gasteiger partial charge in [-0.05, 0) is 24.5 Å². The van der Waals surface area contributed by atoms with Crippen molar-refractivity contribution in [1.82, 2.24) is 15.2 Å². The van der Waals surface area contributed by atoms with Gasteiger partial charge < -0.3 is 4.90 Å². The van der Waals surface area contributed by atoms with E-state index in [0.29, 0.717) is 17.5 Å². The number of thioether (sulfide) groups is 1. The van der Waals surface area contributed by atoms with Gasteiger partial charge >= 0.3 is 0 Å². The lowest BCUT2D eigenvalue weighted by Gasteiger charge is -2.28. The van der Waals surface area contributed by atoms with E-state index in [4.69, 9.17) is 0 Å². The molecule has 2 aromatic rings. The van der Waals surface area contributed by atoms with Crippen molar-refractivity contribution in [3.8, 4) is 0 Å². The summed E-state index contributed by atoms with van der Waals surface area (Å²) in [4.78, 5) is 19.2. The largest absolute Gasteiger partial charge is 0.308 e. The van der Waals surface area contributed by atoms with Crippen LogP contribution >= 0.6 is 11.8 Å². The van der Waals surface area contributed by atoms with Gasteiger partial charge in [0, 0.05) is 12.1 Å². The van der Waals surface area contributed by atoms with Crippen molar-refractivity contribution in [2.75, 3.05) is 22.2 Å². The fraction of sp³-hybridized carbons (Fsp3) is 0.550. The number of para-hydroxylation sites is 1. The van der Waals surface area contributed by atoms with Crippen molar-refractivity contribution in [2.24, 2.45) is 5.92 Å². The molecule has 2 heterocycles. The van der Waals surface area contributed by atoms with Crippen molar-refractivity contribution >= 4 is 33.2 Å². The average molecular weight is 435 g/mol. The molecule has 0 bridgehead atoms. The molecule has 4 rings (SSSR count). The van der Waals surface area contributed by atoms with Gasteiger partial charge in [-0.3, -0.25) is 9.89 Å². The number of carbonyl (C=O) groups is 1. The van der Waals surface area contributed by atoms with Gasteiger partial charge in [-0.2, -0.15) is 0 Å². The number of benzene rings is 1. The molecule has 1 aromatic carbocycles. The lowest BCUT2D eigenvalue weighted by molar-refractivity contribution is -0.116. The maximum absolute atomic E-state index is 13.0. The van der Waals surface area contributed by atoms with E-state index >= 15 is 0 Å². The molecule has 1 atom stereocenters. The van der Waals surface area contributed by atoms with Crippen LogP contribution in [0.4, 0.5) is 5.69 Å².